The smallest absolute Gasteiger partial charge is 0.406 e. The topological polar surface area (TPSA) is 94.4 Å². The van der Waals surface area contributed by atoms with Crippen LogP contribution in [0.2, 0.25) is 0 Å². The second-order valence-corrected chi connectivity index (χ2v) is 10.8. The van der Waals surface area contributed by atoms with Gasteiger partial charge >= 0.3 is 12.5 Å². The average molecular weight is 655 g/mol. The standard InChI is InChI=1S/C29H28F6N6OS2/c1-17-39-27(28(30,31)32)16-40(17)23-11-8-19(20-4-5-21(15-38-44-3)26(13-20)43-2)12-24(23)41(37)25(14-36)18-6-9-22(10-7-18)42-29(33,34)35/h4-14,16,38H,15,36-37H2,1-3H3/b25-14-. The number of nitrogens with two attached hydrogens (primary N) is 2. The van der Waals surface area contributed by atoms with Crippen molar-refractivity contribution in [1.29, 1.82) is 0 Å². The molecule has 3 aromatic carbocycles. The van der Waals surface area contributed by atoms with Gasteiger partial charge in [-0.15, -0.1) is 24.9 Å². The first kappa shape index (κ1) is 33.1. The molecule has 0 amide bonds. The van der Waals surface area contributed by atoms with E-state index in [-0.39, 0.29) is 22.9 Å². The Bertz CT molecular complexity index is 1640. The van der Waals surface area contributed by atoms with Crippen molar-refractivity contribution >= 4 is 35.1 Å². The molecule has 0 radical (unpaired) electrons. The molecule has 4 rings (SSSR count). The molecule has 1 heterocycles. The lowest BCUT2D eigenvalue weighted by atomic mass is 10.0. The summed E-state index contributed by atoms with van der Waals surface area (Å²) >= 11 is 3.08. The van der Waals surface area contributed by atoms with Crippen LogP contribution in [0, 0.1) is 6.92 Å². The molecular weight excluding hydrogens is 626 g/mol. The maximum atomic E-state index is 13.5. The van der Waals surface area contributed by atoms with Crippen LogP contribution in [0.3, 0.4) is 0 Å². The molecule has 234 valence electrons. The normalized spacial score (nSPS) is 12.5. The molecule has 0 saturated heterocycles. The zero-order valence-electron chi connectivity index (χ0n) is 23.6. The molecule has 0 unspecified atom stereocenters. The number of aryl methyl sites for hydroxylation is 1. The molecule has 0 bridgehead atoms. The minimum atomic E-state index is -4.87. The Kier molecular flexibility index (Phi) is 10.1. The van der Waals surface area contributed by atoms with Gasteiger partial charge in [-0.3, -0.25) is 9.73 Å². The van der Waals surface area contributed by atoms with Crippen molar-refractivity contribution in [2.24, 2.45) is 11.6 Å². The minimum Gasteiger partial charge on any atom is -0.406 e. The fourth-order valence-corrected chi connectivity index (χ4v) is 5.39. The highest BCUT2D eigenvalue weighted by atomic mass is 32.2. The van der Waals surface area contributed by atoms with E-state index in [2.05, 4.69) is 14.4 Å². The molecule has 0 aliphatic rings. The molecular formula is C29H28F6N6OS2. The molecule has 44 heavy (non-hydrogen) atoms. The van der Waals surface area contributed by atoms with Crippen LogP contribution in [-0.4, -0.2) is 28.4 Å². The summed E-state index contributed by atoms with van der Waals surface area (Å²) in [6, 6.07) is 15.9. The number of ether oxygens (including phenoxy) is 1. The van der Waals surface area contributed by atoms with Gasteiger partial charge in [0.1, 0.15) is 11.6 Å². The predicted molar refractivity (Wildman–Crippen MR) is 163 cm³/mol. The predicted octanol–water partition coefficient (Wildman–Crippen LogP) is 7.49. The van der Waals surface area contributed by atoms with Crippen molar-refractivity contribution in [3.63, 3.8) is 0 Å². The highest BCUT2D eigenvalue weighted by Gasteiger charge is 2.35. The first-order valence-electron chi connectivity index (χ1n) is 12.8. The van der Waals surface area contributed by atoms with Crippen LogP contribution in [-0.2, 0) is 12.7 Å². The molecule has 7 nitrogen and oxygen atoms in total. The van der Waals surface area contributed by atoms with Crippen LogP contribution in [0.1, 0.15) is 22.6 Å². The van der Waals surface area contributed by atoms with Gasteiger partial charge < -0.3 is 15.0 Å². The van der Waals surface area contributed by atoms with Gasteiger partial charge in [-0.2, -0.15) is 13.2 Å². The summed E-state index contributed by atoms with van der Waals surface area (Å²) in [7, 11) is 0. The van der Waals surface area contributed by atoms with E-state index < -0.39 is 24.0 Å². The second-order valence-electron chi connectivity index (χ2n) is 9.29. The Balaban J connectivity index is 1.83. The minimum absolute atomic E-state index is 0.0574. The summed E-state index contributed by atoms with van der Waals surface area (Å²) in [5, 5.41) is 1.16. The molecule has 0 atom stereocenters. The monoisotopic (exact) mass is 654 g/mol. The number of hydrogen-bond donors (Lipinski definition) is 3. The van der Waals surface area contributed by atoms with E-state index in [1.54, 1.807) is 30.0 Å². The van der Waals surface area contributed by atoms with Crippen molar-refractivity contribution in [2.75, 3.05) is 17.5 Å². The van der Waals surface area contributed by atoms with Crippen LogP contribution in [0.15, 0.2) is 78.0 Å². The number of hydrogen-bond acceptors (Lipinski definition) is 8. The van der Waals surface area contributed by atoms with Crippen molar-refractivity contribution in [2.45, 2.75) is 30.9 Å². The lowest BCUT2D eigenvalue weighted by molar-refractivity contribution is -0.274. The fourth-order valence-electron chi connectivity index (χ4n) is 4.45. The van der Waals surface area contributed by atoms with Crippen molar-refractivity contribution in [1.82, 2.24) is 14.3 Å². The van der Waals surface area contributed by atoms with Gasteiger partial charge in [0, 0.05) is 29.4 Å². The Morgan fingerprint density at radius 1 is 1.00 bits per heavy atom. The SMILES string of the molecule is CSNCc1ccc(-c2ccc(-n3cc(C(F)(F)F)nc3C)c(N(N)/C(=C\N)c3ccc(OC(F)(F)F)cc3)c2)cc1SC. The van der Waals surface area contributed by atoms with E-state index in [4.69, 9.17) is 11.6 Å². The van der Waals surface area contributed by atoms with Gasteiger partial charge in [-0.25, -0.2) is 10.8 Å². The average Bonchev–Trinajstić information content (AvgIpc) is 3.38. The number of imidazole rings is 1. The number of halogens is 6. The van der Waals surface area contributed by atoms with Gasteiger partial charge in [0.25, 0.3) is 0 Å². The molecule has 4 aromatic rings. The Morgan fingerprint density at radius 2 is 1.66 bits per heavy atom. The Morgan fingerprint density at radius 3 is 2.23 bits per heavy atom. The number of nitrogens with one attached hydrogen (secondary N) is 1. The maximum Gasteiger partial charge on any atom is 0.573 e. The van der Waals surface area contributed by atoms with E-state index in [0.29, 0.717) is 17.7 Å². The summed E-state index contributed by atoms with van der Waals surface area (Å²) in [5.41, 5.74) is 8.49. The van der Waals surface area contributed by atoms with E-state index in [9.17, 15) is 26.3 Å². The summed E-state index contributed by atoms with van der Waals surface area (Å²) in [6.07, 6.45) is -3.64. The lowest BCUT2D eigenvalue weighted by Gasteiger charge is -2.26. The molecule has 0 saturated carbocycles. The summed E-state index contributed by atoms with van der Waals surface area (Å²) in [4.78, 5) is 4.71. The van der Waals surface area contributed by atoms with Crippen molar-refractivity contribution in [3.8, 4) is 22.6 Å². The highest BCUT2D eigenvalue weighted by Crippen LogP contribution is 2.37. The van der Waals surface area contributed by atoms with Crippen LogP contribution in [0.4, 0.5) is 32.0 Å². The lowest BCUT2D eigenvalue weighted by Crippen LogP contribution is -2.31. The number of thioether (sulfide) groups is 1. The molecule has 1 aromatic heterocycles. The third-order valence-corrected chi connectivity index (χ3v) is 7.75. The Hall–Kier alpha value is -3.79. The molecule has 0 spiro atoms. The van der Waals surface area contributed by atoms with E-state index in [1.165, 1.54) is 35.6 Å². The highest BCUT2D eigenvalue weighted by molar-refractivity contribution is 7.98. The molecule has 0 aliphatic heterocycles. The maximum absolute atomic E-state index is 13.5. The van der Waals surface area contributed by atoms with E-state index in [1.807, 2.05) is 30.7 Å². The van der Waals surface area contributed by atoms with Crippen molar-refractivity contribution < 1.29 is 31.1 Å². The fraction of sp³-hybridized carbons (Fsp3) is 0.207. The largest absolute Gasteiger partial charge is 0.573 e. The summed E-state index contributed by atoms with van der Waals surface area (Å²) < 4.78 is 87.0. The Labute approximate surface area is 258 Å². The third-order valence-electron chi connectivity index (χ3n) is 6.50. The van der Waals surface area contributed by atoms with Gasteiger partial charge in [0.2, 0.25) is 0 Å². The molecule has 15 heteroatoms. The van der Waals surface area contributed by atoms with E-state index >= 15 is 0 Å². The number of rotatable bonds is 10. The molecule has 5 N–H and O–H groups in total. The molecule has 0 aliphatic carbocycles. The van der Waals surface area contributed by atoms with E-state index in [0.717, 1.165) is 45.6 Å². The molecule has 0 fully saturated rings. The number of nitrogens with zero attached hydrogens (tertiary/aromatic N) is 3. The van der Waals surface area contributed by atoms with Gasteiger partial charge in [0.05, 0.1) is 17.1 Å². The third kappa shape index (κ3) is 7.64. The zero-order chi connectivity index (χ0) is 32.2. The van der Waals surface area contributed by atoms with Crippen LogP contribution < -0.4 is 26.0 Å². The number of aromatic nitrogens is 2. The van der Waals surface area contributed by atoms with Crippen molar-refractivity contribution in [3.05, 3.63) is 95.7 Å². The number of hydrazine groups is 1. The number of alkyl halides is 6. The van der Waals surface area contributed by atoms with Gasteiger partial charge in [-0.1, -0.05) is 30.1 Å². The number of anilines is 1. The quantitative estimate of drug-likeness (QED) is 0.0533. The van der Waals surface area contributed by atoms with Gasteiger partial charge in [0.15, 0.2) is 5.69 Å². The van der Waals surface area contributed by atoms with Gasteiger partial charge in [-0.05, 0) is 78.6 Å². The zero-order valence-corrected chi connectivity index (χ0v) is 25.3. The van der Waals surface area contributed by atoms with Crippen LogP contribution in [0.25, 0.3) is 22.5 Å². The van der Waals surface area contributed by atoms with Crippen LogP contribution >= 0.6 is 23.7 Å². The summed E-state index contributed by atoms with van der Waals surface area (Å²) in [5.74, 6) is 6.20. The van der Waals surface area contributed by atoms with Crippen LogP contribution in [0.5, 0.6) is 5.75 Å². The first-order chi connectivity index (χ1) is 20.7. The number of benzene rings is 3. The summed E-state index contributed by atoms with van der Waals surface area (Å²) in [6.45, 7) is 2.08. The second kappa shape index (κ2) is 13.5. The first-order valence-corrected chi connectivity index (χ1v) is 15.2.